The Labute approximate surface area is 147 Å². The fourth-order valence-electron chi connectivity index (χ4n) is 2.96. The first-order valence-corrected chi connectivity index (χ1v) is 9.63. The van der Waals surface area contributed by atoms with Crippen molar-refractivity contribution in [3.05, 3.63) is 39.9 Å². The largest absolute Gasteiger partial charge is 0.303 e. The Morgan fingerprint density at radius 2 is 1.33 bits per heavy atom. The Balaban J connectivity index is 2.27. The van der Waals surface area contributed by atoms with Crippen LogP contribution in [0.15, 0.2) is 24.3 Å². The van der Waals surface area contributed by atoms with E-state index >= 15 is 0 Å². The quantitative estimate of drug-likeness (QED) is 0.253. The lowest BCUT2D eigenvalue weighted by Gasteiger charge is -2.22. The summed E-state index contributed by atoms with van der Waals surface area (Å²) in [5.74, 6) is 0. The van der Waals surface area contributed by atoms with Gasteiger partial charge in [-0.25, -0.2) is 0 Å². The molecule has 0 fully saturated rings. The summed E-state index contributed by atoms with van der Waals surface area (Å²) in [4.78, 5) is 13.0. The number of rotatable bonds is 14. The molecule has 0 amide bonds. The Morgan fingerprint density at radius 1 is 0.833 bits per heavy atom. The van der Waals surface area contributed by atoms with Crippen LogP contribution >= 0.6 is 0 Å². The highest BCUT2D eigenvalue weighted by molar-refractivity contribution is 5.32. The molecule has 0 unspecified atom stereocenters. The van der Waals surface area contributed by atoms with E-state index in [1.54, 1.807) is 12.1 Å². The molecular weight excluding hydrogens is 300 g/mol. The molecule has 0 spiro atoms. The van der Waals surface area contributed by atoms with Crippen molar-refractivity contribution < 1.29 is 4.92 Å². The van der Waals surface area contributed by atoms with Crippen molar-refractivity contribution >= 4 is 5.69 Å². The second-order valence-electron chi connectivity index (χ2n) is 6.64. The third-order valence-electron chi connectivity index (χ3n) is 4.49. The van der Waals surface area contributed by atoms with Crippen molar-refractivity contribution in [2.75, 3.05) is 19.6 Å². The van der Waals surface area contributed by atoms with Crippen LogP contribution in [0.1, 0.15) is 70.8 Å². The summed E-state index contributed by atoms with van der Waals surface area (Å²) in [6.07, 6.45) is 11.2. The molecule has 0 aliphatic carbocycles. The first-order valence-electron chi connectivity index (χ1n) is 9.63. The lowest BCUT2D eigenvalue weighted by atomic mass is 10.1. The highest BCUT2D eigenvalue weighted by atomic mass is 16.6. The van der Waals surface area contributed by atoms with Gasteiger partial charge in [0.05, 0.1) is 4.92 Å². The maximum absolute atomic E-state index is 10.7. The lowest BCUT2D eigenvalue weighted by Crippen LogP contribution is -2.27. The minimum Gasteiger partial charge on any atom is -0.303 e. The Morgan fingerprint density at radius 3 is 1.79 bits per heavy atom. The van der Waals surface area contributed by atoms with E-state index in [1.807, 2.05) is 12.1 Å². The van der Waals surface area contributed by atoms with Crippen molar-refractivity contribution in [2.24, 2.45) is 0 Å². The van der Waals surface area contributed by atoms with E-state index < -0.39 is 0 Å². The highest BCUT2D eigenvalue weighted by Crippen LogP contribution is 2.14. The second-order valence-corrected chi connectivity index (χ2v) is 6.64. The predicted octanol–water partition coefficient (Wildman–Crippen LogP) is 5.60. The van der Waals surface area contributed by atoms with Gasteiger partial charge in [0.2, 0.25) is 0 Å². The third-order valence-corrected chi connectivity index (χ3v) is 4.49. The van der Waals surface area contributed by atoms with E-state index in [4.69, 9.17) is 0 Å². The number of unbranched alkanes of at least 4 members (excludes halogenated alkanes) is 5. The van der Waals surface area contributed by atoms with Gasteiger partial charge < -0.3 is 4.90 Å². The van der Waals surface area contributed by atoms with Crippen LogP contribution in [0, 0.1) is 10.1 Å². The average molecular weight is 335 g/mol. The summed E-state index contributed by atoms with van der Waals surface area (Å²) in [5, 5.41) is 10.7. The van der Waals surface area contributed by atoms with Crippen LogP contribution in [-0.4, -0.2) is 29.5 Å². The summed E-state index contributed by atoms with van der Waals surface area (Å²) in [6.45, 7) is 8.15. The summed E-state index contributed by atoms with van der Waals surface area (Å²) in [5.41, 5.74) is 1.38. The molecule has 4 heteroatoms. The van der Waals surface area contributed by atoms with Gasteiger partial charge in [0.15, 0.2) is 0 Å². The van der Waals surface area contributed by atoms with Crippen molar-refractivity contribution in [1.29, 1.82) is 0 Å². The first-order chi connectivity index (χ1) is 11.7. The van der Waals surface area contributed by atoms with Gasteiger partial charge >= 0.3 is 0 Å². The summed E-state index contributed by atoms with van der Waals surface area (Å²) < 4.78 is 0. The molecule has 0 atom stereocenters. The van der Waals surface area contributed by atoms with Gasteiger partial charge in [0, 0.05) is 12.1 Å². The molecule has 4 nitrogen and oxygen atoms in total. The maximum atomic E-state index is 10.7. The van der Waals surface area contributed by atoms with Crippen LogP contribution in [0.25, 0.3) is 0 Å². The molecule has 0 aromatic heterocycles. The Bertz CT molecular complexity index is 435. The smallest absolute Gasteiger partial charge is 0.269 e. The third kappa shape index (κ3) is 9.02. The molecule has 0 saturated heterocycles. The molecule has 1 rings (SSSR count). The number of nitrogens with zero attached hydrogens (tertiary/aromatic N) is 2. The zero-order chi connectivity index (χ0) is 17.6. The van der Waals surface area contributed by atoms with E-state index in [1.165, 1.54) is 70.1 Å². The molecular formula is C20H34N2O2. The minimum absolute atomic E-state index is 0.178. The monoisotopic (exact) mass is 334 g/mol. The number of aryl methyl sites for hydroxylation is 1. The topological polar surface area (TPSA) is 46.4 Å². The highest BCUT2D eigenvalue weighted by Gasteiger charge is 2.06. The average Bonchev–Trinajstić information content (AvgIpc) is 2.59. The molecule has 0 heterocycles. The molecule has 0 bridgehead atoms. The second kappa shape index (κ2) is 12.9. The van der Waals surface area contributed by atoms with Gasteiger partial charge in [-0.15, -0.1) is 0 Å². The molecule has 0 radical (unpaired) electrons. The number of non-ortho nitro benzene ring substituents is 1. The van der Waals surface area contributed by atoms with Gasteiger partial charge in [-0.2, -0.15) is 0 Å². The zero-order valence-corrected chi connectivity index (χ0v) is 15.5. The Kier molecular flexibility index (Phi) is 11.1. The van der Waals surface area contributed by atoms with Crippen molar-refractivity contribution in [3.8, 4) is 0 Å². The minimum atomic E-state index is -0.339. The summed E-state index contributed by atoms with van der Waals surface area (Å²) in [7, 11) is 0. The normalized spacial score (nSPS) is 11.1. The number of nitro benzene ring substituents is 1. The van der Waals surface area contributed by atoms with Crippen molar-refractivity contribution in [1.82, 2.24) is 4.90 Å². The number of hydrogen-bond acceptors (Lipinski definition) is 3. The standard InChI is InChI=1S/C20H34N2O2/c1-3-5-8-16-21(17-9-6-4-2)18-10-7-11-19-12-14-20(15-13-19)22(23)24/h12-15H,3-11,16-18H2,1-2H3. The zero-order valence-electron chi connectivity index (χ0n) is 15.5. The van der Waals surface area contributed by atoms with E-state index in [0.29, 0.717) is 0 Å². The molecule has 0 saturated carbocycles. The van der Waals surface area contributed by atoms with E-state index in [2.05, 4.69) is 18.7 Å². The molecule has 0 aliphatic rings. The number of benzene rings is 1. The molecule has 24 heavy (non-hydrogen) atoms. The Hall–Kier alpha value is -1.42. The first kappa shape index (κ1) is 20.6. The molecule has 1 aromatic rings. The summed E-state index contributed by atoms with van der Waals surface area (Å²) >= 11 is 0. The molecule has 136 valence electrons. The summed E-state index contributed by atoms with van der Waals surface area (Å²) in [6, 6.07) is 6.99. The predicted molar refractivity (Wildman–Crippen MR) is 102 cm³/mol. The van der Waals surface area contributed by atoms with Gasteiger partial charge in [-0.1, -0.05) is 51.7 Å². The van der Waals surface area contributed by atoms with Crippen LogP contribution in [-0.2, 0) is 6.42 Å². The number of nitro groups is 1. The van der Waals surface area contributed by atoms with E-state index in [-0.39, 0.29) is 10.6 Å². The van der Waals surface area contributed by atoms with E-state index in [9.17, 15) is 10.1 Å². The van der Waals surface area contributed by atoms with Crippen LogP contribution in [0.4, 0.5) is 5.69 Å². The fourth-order valence-corrected chi connectivity index (χ4v) is 2.96. The SMILES string of the molecule is CCCCCN(CCCCC)CCCCc1ccc([N+](=O)[O-])cc1. The molecule has 0 aliphatic heterocycles. The van der Waals surface area contributed by atoms with Crippen LogP contribution in [0.5, 0.6) is 0 Å². The number of hydrogen-bond donors (Lipinski definition) is 0. The van der Waals surface area contributed by atoms with Crippen molar-refractivity contribution in [2.45, 2.75) is 71.6 Å². The fraction of sp³-hybridized carbons (Fsp3) is 0.700. The van der Waals surface area contributed by atoms with Crippen LogP contribution in [0.3, 0.4) is 0 Å². The van der Waals surface area contributed by atoms with Crippen LogP contribution < -0.4 is 0 Å². The molecule has 1 aromatic carbocycles. The van der Waals surface area contributed by atoms with Gasteiger partial charge in [0.1, 0.15) is 0 Å². The van der Waals surface area contributed by atoms with Crippen molar-refractivity contribution in [3.63, 3.8) is 0 Å². The van der Waals surface area contributed by atoms with Gasteiger partial charge in [-0.05, 0) is 57.3 Å². The molecule has 0 N–H and O–H groups in total. The maximum Gasteiger partial charge on any atom is 0.269 e. The van der Waals surface area contributed by atoms with Gasteiger partial charge in [-0.3, -0.25) is 10.1 Å². The lowest BCUT2D eigenvalue weighted by molar-refractivity contribution is -0.384. The van der Waals surface area contributed by atoms with Crippen LogP contribution in [0.2, 0.25) is 0 Å². The van der Waals surface area contributed by atoms with E-state index in [0.717, 1.165) is 12.8 Å². The van der Waals surface area contributed by atoms with Gasteiger partial charge in [0.25, 0.3) is 5.69 Å².